The summed E-state index contributed by atoms with van der Waals surface area (Å²) in [6.45, 7) is 8.68. The summed E-state index contributed by atoms with van der Waals surface area (Å²) in [5, 5.41) is 16.5. The molecule has 5 nitrogen and oxygen atoms in total. The van der Waals surface area contributed by atoms with Gasteiger partial charge in [0.25, 0.3) is 0 Å². The van der Waals surface area contributed by atoms with Crippen LogP contribution in [0.5, 0.6) is 0 Å². The Hall–Kier alpha value is -0.910. The fourth-order valence-electron chi connectivity index (χ4n) is 2.66. The van der Waals surface area contributed by atoms with E-state index in [4.69, 9.17) is 5.11 Å². The van der Waals surface area contributed by atoms with E-state index < -0.39 is 0 Å². The van der Waals surface area contributed by atoms with Gasteiger partial charge in [-0.05, 0) is 38.4 Å². The molecule has 0 bridgehead atoms. The standard InChI is InChI=1S/C14H26N4O/c1-13(11-17-4-2-3-5-17)8-15-9-14-10-16-18(12-14)6-7-19/h10,12-13,15,19H,2-9,11H2,1H3. The Kier molecular flexibility index (Phi) is 5.82. The third kappa shape index (κ3) is 4.93. The van der Waals surface area contributed by atoms with Gasteiger partial charge in [0.15, 0.2) is 0 Å². The number of hydrogen-bond acceptors (Lipinski definition) is 4. The summed E-state index contributed by atoms with van der Waals surface area (Å²) in [7, 11) is 0. The molecule has 19 heavy (non-hydrogen) atoms. The number of aromatic nitrogens is 2. The molecular formula is C14H26N4O. The zero-order valence-electron chi connectivity index (χ0n) is 11.9. The van der Waals surface area contributed by atoms with Crippen molar-refractivity contribution >= 4 is 0 Å². The molecule has 1 fully saturated rings. The van der Waals surface area contributed by atoms with Crippen LogP contribution in [-0.4, -0.2) is 52.6 Å². The van der Waals surface area contributed by atoms with Gasteiger partial charge in [0, 0.05) is 24.8 Å². The van der Waals surface area contributed by atoms with Crippen molar-refractivity contribution in [2.45, 2.75) is 32.9 Å². The highest BCUT2D eigenvalue weighted by Gasteiger charge is 2.14. The predicted octanol–water partition coefficient (Wildman–Crippen LogP) is 0.697. The smallest absolute Gasteiger partial charge is 0.0640 e. The minimum atomic E-state index is 0.140. The molecule has 1 aromatic heterocycles. The molecule has 2 heterocycles. The fraction of sp³-hybridized carbons (Fsp3) is 0.786. The lowest BCUT2D eigenvalue weighted by Gasteiger charge is -2.20. The minimum Gasteiger partial charge on any atom is -0.394 e. The molecule has 1 unspecified atom stereocenters. The molecule has 2 N–H and O–H groups in total. The van der Waals surface area contributed by atoms with Gasteiger partial charge in [-0.15, -0.1) is 0 Å². The van der Waals surface area contributed by atoms with E-state index in [0.29, 0.717) is 12.5 Å². The lowest BCUT2D eigenvalue weighted by Crippen LogP contribution is -2.31. The molecule has 0 aromatic carbocycles. The molecule has 0 radical (unpaired) electrons. The van der Waals surface area contributed by atoms with Crippen molar-refractivity contribution in [3.63, 3.8) is 0 Å². The van der Waals surface area contributed by atoms with Gasteiger partial charge in [-0.2, -0.15) is 5.10 Å². The Bertz CT molecular complexity index is 360. The summed E-state index contributed by atoms with van der Waals surface area (Å²) in [4.78, 5) is 2.56. The Balaban J connectivity index is 1.61. The summed E-state index contributed by atoms with van der Waals surface area (Å²) >= 11 is 0. The van der Waals surface area contributed by atoms with Crippen molar-refractivity contribution in [3.05, 3.63) is 18.0 Å². The Morgan fingerprint density at radius 3 is 2.95 bits per heavy atom. The number of nitrogens with zero attached hydrogens (tertiary/aromatic N) is 3. The van der Waals surface area contributed by atoms with E-state index in [-0.39, 0.29) is 6.61 Å². The first kappa shape index (κ1) is 14.5. The van der Waals surface area contributed by atoms with E-state index in [1.807, 2.05) is 12.4 Å². The summed E-state index contributed by atoms with van der Waals surface area (Å²) in [5.74, 6) is 0.686. The van der Waals surface area contributed by atoms with E-state index in [0.717, 1.165) is 13.1 Å². The molecular weight excluding hydrogens is 240 g/mol. The van der Waals surface area contributed by atoms with Gasteiger partial charge in [0.1, 0.15) is 0 Å². The highest BCUT2D eigenvalue weighted by atomic mass is 16.3. The molecule has 1 aliphatic heterocycles. The van der Waals surface area contributed by atoms with Gasteiger partial charge in [0.2, 0.25) is 0 Å². The highest BCUT2D eigenvalue weighted by molar-refractivity contribution is 5.03. The van der Waals surface area contributed by atoms with Crippen LogP contribution in [0.4, 0.5) is 0 Å². The van der Waals surface area contributed by atoms with Crippen LogP contribution in [0, 0.1) is 5.92 Å². The Labute approximate surface area is 115 Å². The Morgan fingerprint density at radius 2 is 2.21 bits per heavy atom. The van der Waals surface area contributed by atoms with E-state index in [2.05, 4.69) is 22.2 Å². The molecule has 1 aromatic rings. The first-order valence-electron chi connectivity index (χ1n) is 7.33. The normalized spacial score (nSPS) is 18.0. The van der Waals surface area contributed by atoms with Crippen LogP contribution in [-0.2, 0) is 13.1 Å². The highest BCUT2D eigenvalue weighted by Crippen LogP contribution is 2.09. The fourth-order valence-corrected chi connectivity index (χ4v) is 2.66. The van der Waals surface area contributed by atoms with Crippen molar-refractivity contribution in [1.29, 1.82) is 0 Å². The van der Waals surface area contributed by atoms with E-state index in [9.17, 15) is 0 Å². The number of aliphatic hydroxyl groups excluding tert-OH is 1. The molecule has 0 aliphatic carbocycles. The maximum absolute atomic E-state index is 8.83. The van der Waals surface area contributed by atoms with E-state index in [1.165, 1.54) is 38.0 Å². The lowest BCUT2D eigenvalue weighted by molar-refractivity contribution is 0.269. The predicted molar refractivity (Wildman–Crippen MR) is 75.9 cm³/mol. The first-order valence-corrected chi connectivity index (χ1v) is 7.33. The lowest BCUT2D eigenvalue weighted by atomic mass is 10.1. The zero-order valence-corrected chi connectivity index (χ0v) is 11.9. The van der Waals surface area contributed by atoms with Crippen LogP contribution < -0.4 is 5.32 Å². The number of nitrogens with one attached hydrogen (secondary N) is 1. The molecule has 1 aliphatic rings. The molecule has 2 rings (SSSR count). The SMILES string of the molecule is CC(CNCc1cnn(CCO)c1)CN1CCCC1. The molecule has 5 heteroatoms. The van der Waals surface area contributed by atoms with Gasteiger partial charge in [-0.3, -0.25) is 4.68 Å². The quantitative estimate of drug-likeness (QED) is 0.727. The summed E-state index contributed by atoms with van der Waals surface area (Å²) in [6.07, 6.45) is 6.59. The van der Waals surface area contributed by atoms with Crippen molar-refractivity contribution in [1.82, 2.24) is 20.0 Å². The maximum atomic E-state index is 8.83. The number of likely N-dealkylation sites (tertiary alicyclic amines) is 1. The van der Waals surface area contributed by atoms with Crippen LogP contribution >= 0.6 is 0 Å². The van der Waals surface area contributed by atoms with Gasteiger partial charge in [-0.25, -0.2) is 0 Å². The van der Waals surface area contributed by atoms with Gasteiger partial charge in [-0.1, -0.05) is 6.92 Å². The van der Waals surface area contributed by atoms with E-state index >= 15 is 0 Å². The third-order valence-electron chi connectivity index (χ3n) is 3.61. The third-order valence-corrected chi connectivity index (χ3v) is 3.61. The van der Waals surface area contributed by atoms with Gasteiger partial charge in [0.05, 0.1) is 19.3 Å². The first-order chi connectivity index (χ1) is 9.28. The van der Waals surface area contributed by atoms with Crippen molar-refractivity contribution in [3.8, 4) is 0 Å². The van der Waals surface area contributed by atoms with Crippen LogP contribution in [0.2, 0.25) is 0 Å². The van der Waals surface area contributed by atoms with Crippen LogP contribution in [0.1, 0.15) is 25.3 Å². The number of rotatable bonds is 8. The molecule has 0 saturated carbocycles. The average Bonchev–Trinajstić information content (AvgIpc) is 3.02. The second kappa shape index (κ2) is 7.62. The summed E-state index contributed by atoms with van der Waals surface area (Å²) < 4.78 is 1.78. The van der Waals surface area contributed by atoms with Crippen LogP contribution in [0.15, 0.2) is 12.4 Å². The second-order valence-electron chi connectivity index (χ2n) is 5.58. The van der Waals surface area contributed by atoms with Crippen LogP contribution in [0.3, 0.4) is 0 Å². The molecule has 1 atom stereocenters. The van der Waals surface area contributed by atoms with Crippen molar-refractivity contribution in [2.75, 3.05) is 32.8 Å². The number of aliphatic hydroxyl groups is 1. The number of hydrogen-bond donors (Lipinski definition) is 2. The second-order valence-corrected chi connectivity index (χ2v) is 5.58. The topological polar surface area (TPSA) is 53.3 Å². The van der Waals surface area contributed by atoms with Gasteiger partial charge >= 0.3 is 0 Å². The van der Waals surface area contributed by atoms with Crippen LogP contribution in [0.25, 0.3) is 0 Å². The van der Waals surface area contributed by atoms with Crippen molar-refractivity contribution < 1.29 is 5.11 Å². The maximum Gasteiger partial charge on any atom is 0.0640 e. The van der Waals surface area contributed by atoms with Crippen molar-refractivity contribution in [2.24, 2.45) is 5.92 Å². The van der Waals surface area contributed by atoms with E-state index in [1.54, 1.807) is 4.68 Å². The molecule has 1 saturated heterocycles. The monoisotopic (exact) mass is 266 g/mol. The molecule has 108 valence electrons. The molecule has 0 spiro atoms. The largest absolute Gasteiger partial charge is 0.394 e. The Morgan fingerprint density at radius 1 is 1.42 bits per heavy atom. The summed E-state index contributed by atoms with van der Waals surface area (Å²) in [6, 6.07) is 0. The zero-order chi connectivity index (χ0) is 13.5. The summed E-state index contributed by atoms with van der Waals surface area (Å²) in [5.41, 5.74) is 1.18. The molecule has 0 amide bonds. The minimum absolute atomic E-state index is 0.140. The average molecular weight is 266 g/mol. The van der Waals surface area contributed by atoms with Gasteiger partial charge < -0.3 is 15.3 Å².